The standard InChI is InChI=1S/C16H13ClFNO2S/c17-15-7-1-4-13(10-15)6-3-9-19-22(20,21)12-14-5-2-8-16(18)11-14/h1-2,4-5,7-8,10-11,19H,9,12H2. The van der Waals surface area contributed by atoms with Gasteiger partial charge in [0.05, 0.1) is 12.3 Å². The Balaban J connectivity index is 1.93. The first-order valence-electron chi connectivity index (χ1n) is 6.41. The maximum atomic E-state index is 13.0. The highest BCUT2D eigenvalue weighted by Crippen LogP contribution is 2.09. The first-order chi connectivity index (χ1) is 10.4. The number of benzene rings is 2. The van der Waals surface area contributed by atoms with E-state index in [1.165, 1.54) is 18.2 Å². The Morgan fingerprint density at radius 2 is 1.91 bits per heavy atom. The van der Waals surface area contributed by atoms with Crippen molar-refractivity contribution in [2.45, 2.75) is 5.75 Å². The summed E-state index contributed by atoms with van der Waals surface area (Å²) in [6, 6.07) is 12.4. The fourth-order valence-electron chi connectivity index (χ4n) is 1.76. The lowest BCUT2D eigenvalue weighted by molar-refractivity contribution is 0.584. The van der Waals surface area contributed by atoms with Crippen LogP contribution in [0.25, 0.3) is 0 Å². The molecule has 0 aromatic heterocycles. The molecule has 114 valence electrons. The van der Waals surface area contributed by atoms with Crippen LogP contribution in [0.2, 0.25) is 5.02 Å². The average molecular weight is 338 g/mol. The lowest BCUT2D eigenvalue weighted by atomic mass is 10.2. The molecule has 0 amide bonds. The third-order valence-electron chi connectivity index (χ3n) is 2.68. The van der Waals surface area contributed by atoms with Crippen LogP contribution in [0, 0.1) is 17.7 Å². The minimum atomic E-state index is -3.56. The molecule has 2 aromatic carbocycles. The van der Waals surface area contributed by atoms with Gasteiger partial charge in [-0.25, -0.2) is 17.5 Å². The number of hydrogen-bond donors (Lipinski definition) is 1. The van der Waals surface area contributed by atoms with Crippen molar-refractivity contribution in [3.05, 3.63) is 70.5 Å². The fraction of sp³-hybridized carbons (Fsp3) is 0.125. The third-order valence-corrected chi connectivity index (χ3v) is 4.22. The maximum absolute atomic E-state index is 13.0. The van der Waals surface area contributed by atoms with Crippen LogP contribution in [-0.2, 0) is 15.8 Å². The summed E-state index contributed by atoms with van der Waals surface area (Å²) in [5, 5.41) is 0.568. The minimum Gasteiger partial charge on any atom is -0.212 e. The summed E-state index contributed by atoms with van der Waals surface area (Å²) in [5.41, 5.74) is 1.09. The zero-order valence-corrected chi connectivity index (χ0v) is 13.1. The molecule has 0 bridgehead atoms. The molecule has 6 heteroatoms. The van der Waals surface area contributed by atoms with Gasteiger partial charge in [0.25, 0.3) is 0 Å². The fourth-order valence-corrected chi connectivity index (χ4v) is 2.96. The molecule has 0 atom stereocenters. The van der Waals surface area contributed by atoms with Crippen LogP contribution in [0.15, 0.2) is 48.5 Å². The lowest BCUT2D eigenvalue weighted by Crippen LogP contribution is -2.25. The van der Waals surface area contributed by atoms with Crippen molar-refractivity contribution in [2.24, 2.45) is 0 Å². The van der Waals surface area contributed by atoms with Crippen LogP contribution in [-0.4, -0.2) is 15.0 Å². The molecule has 0 aliphatic rings. The van der Waals surface area contributed by atoms with E-state index in [-0.39, 0.29) is 12.3 Å². The Kier molecular flexibility index (Phi) is 5.56. The first kappa shape index (κ1) is 16.5. The van der Waals surface area contributed by atoms with Crippen LogP contribution in [0.1, 0.15) is 11.1 Å². The van der Waals surface area contributed by atoms with Crippen LogP contribution >= 0.6 is 11.6 Å². The molecule has 2 aromatic rings. The van der Waals surface area contributed by atoms with Crippen molar-refractivity contribution in [2.75, 3.05) is 6.54 Å². The average Bonchev–Trinajstić information content (AvgIpc) is 2.43. The molecular weight excluding hydrogens is 325 g/mol. The van der Waals surface area contributed by atoms with Crippen molar-refractivity contribution < 1.29 is 12.8 Å². The smallest absolute Gasteiger partial charge is 0.212 e. The highest BCUT2D eigenvalue weighted by atomic mass is 35.5. The lowest BCUT2D eigenvalue weighted by Gasteiger charge is -2.04. The summed E-state index contributed by atoms with van der Waals surface area (Å²) in [5.74, 6) is 4.77. The van der Waals surface area contributed by atoms with E-state index in [0.29, 0.717) is 16.1 Å². The number of rotatable bonds is 4. The SMILES string of the molecule is O=S(=O)(Cc1cccc(F)c1)NCC#Cc1cccc(Cl)c1. The quantitative estimate of drug-likeness (QED) is 0.872. The summed E-state index contributed by atoms with van der Waals surface area (Å²) in [6.07, 6.45) is 0. The van der Waals surface area contributed by atoms with Gasteiger partial charge < -0.3 is 0 Å². The number of hydrogen-bond acceptors (Lipinski definition) is 2. The molecule has 0 aliphatic heterocycles. The van der Waals surface area contributed by atoms with E-state index in [9.17, 15) is 12.8 Å². The Morgan fingerprint density at radius 3 is 2.64 bits per heavy atom. The molecule has 22 heavy (non-hydrogen) atoms. The molecule has 2 rings (SSSR count). The molecule has 0 saturated carbocycles. The van der Waals surface area contributed by atoms with Gasteiger partial charge in [-0.05, 0) is 35.9 Å². The second-order valence-corrected chi connectivity index (χ2v) is 6.77. The summed E-state index contributed by atoms with van der Waals surface area (Å²) in [4.78, 5) is 0. The first-order valence-corrected chi connectivity index (χ1v) is 8.44. The van der Waals surface area contributed by atoms with Crippen molar-refractivity contribution in [1.82, 2.24) is 4.72 Å². The van der Waals surface area contributed by atoms with Gasteiger partial charge in [0, 0.05) is 10.6 Å². The minimum absolute atomic E-state index is 0.0236. The van der Waals surface area contributed by atoms with Gasteiger partial charge in [0.1, 0.15) is 5.82 Å². The van der Waals surface area contributed by atoms with Gasteiger partial charge in [0.2, 0.25) is 10.0 Å². The van der Waals surface area contributed by atoms with E-state index >= 15 is 0 Å². The topological polar surface area (TPSA) is 46.2 Å². The van der Waals surface area contributed by atoms with Gasteiger partial charge in [-0.15, -0.1) is 0 Å². The zero-order valence-electron chi connectivity index (χ0n) is 11.5. The number of halogens is 2. The molecule has 0 unspecified atom stereocenters. The van der Waals surface area contributed by atoms with E-state index in [4.69, 9.17) is 11.6 Å². The summed E-state index contributed by atoms with van der Waals surface area (Å²) < 4.78 is 39.1. The van der Waals surface area contributed by atoms with Crippen molar-refractivity contribution in [1.29, 1.82) is 0 Å². The number of nitrogens with one attached hydrogen (secondary N) is 1. The largest absolute Gasteiger partial charge is 0.216 e. The van der Waals surface area contributed by atoms with E-state index in [0.717, 1.165) is 0 Å². The predicted molar refractivity (Wildman–Crippen MR) is 85.4 cm³/mol. The molecule has 0 aliphatic carbocycles. The highest BCUT2D eigenvalue weighted by Gasteiger charge is 2.10. The number of sulfonamides is 1. The van der Waals surface area contributed by atoms with Gasteiger partial charge in [-0.2, -0.15) is 0 Å². The van der Waals surface area contributed by atoms with E-state index in [1.807, 2.05) is 0 Å². The summed E-state index contributed by atoms with van der Waals surface area (Å²) >= 11 is 5.82. The Morgan fingerprint density at radius 1 is 1.14 bits per heavy atom. The third kappa shape index (κ3) is 5.49. The normalized spacial score (nSPS) is 10.8. The predicted octanol–water partition coefficient (Wildman–Crippen LogP) is 2.95. The van der Waals surface area contributed by atoms with Crippen molar-refractivity contribution >= 4 is 21.6 Å². The molecule has 0 spiro atoms. The Labute approximate surface area is 134 Å². The van der Waals surface area contributed by atoms with Crippen molar-refractivity contribution in [3.8, 4) is 11.8 Å². The van der Waals surface area contributed by atoms with Gasteiger partial charge in [-0.3, -0.25) is 0 Å². The second-order valence-electron chi connectivity index (χ2n) is 4.52. The molecule has 0 heterocycles. The van der Waals surface area contributed by atoms with Gasteiger partial charge in [0.15, 0.2) is 0 Å². The molecule has 3 nitrogen and oxygen atoms in total. The van der Waals surface area contributed by atoms with Crippen LogP contribution < -0.4 is 4.72 Å². The van der Waals surface area contributed by atoms with E-state index in [2.05, 4.69) is 16.6 Å². The summed E-state index contributed by atoms with van der Waals surface area (Å²) in [7, 11) is -3.56. The van der Waals surface area contributed by atoms with Crippen LogP contribution in [0.4, 0.5) is 4.39 Å². The van der Waals surface area contributed by atoms with E-state index < -0.39 is 15.8 Å². The molecule has 0 fully saturated rings. The Hall–Kier alpha value is -1.87. The monoisotopic (exact) mass is 337 g/mol. The molecule has 0 saturated heterocycles. The maximum Gasteiger partial charge on any atom is 0.216 e. The molecule has 0 radical (unpaired) electrons. The Bertz CT molecular complexity index is 825. The second kappa shape index (κ2) is 7.41. The molecule has 1 N–H and O–H groups in total. The zero-order chi connectivity index (χ0) is 16.0. The van der Waals surface area contributed by atoms with E-state index in [1.54, 1.807) is 30.3 Å². The molecular formula is C16H13ClFNO2S. The van der Waals surface area contributed by atoms with Crippen molar-refractivity contribution in [3.63, 3.8) is 0 Å². The van der Waals surface area contributed by atoms with Gasteiger partial charge in [-0.1, -0.05) is 41.6 Å². The van der Waals surface area contributed by atoms with Gasteiger partial charge >= 0.3 is 0 Å². The highest BCUT2D eigenvalue weighted by molar-refractivity contribution is 7.88. The van der Waals surface area contributed by atoms with Crippen LogP contribution in [0.5, 0.6) is 0 Å². The van der Waals surface area contributed by atoms with Crippen LogP contribution in [0.3, 0.4) is 0 Å². The summed E-state index contributed by atoms with van der Waals surface area (Å²) in [6.45, 7) is -0.0236.